The summed E-state index contributed by atoms with van der Waals surface area (Å²) in [6, 6.07) is 7.47. The Kier molecular flexibility index (Phi) is 3.27. The van der Waals surface area contributed by atoms with E-state index in [4.69, 9.17) is 5.11 Å². The second-order valence-electron chi connectivity index (χ2n) is 3.99. The van der Waals surface area contributed by atoms with Crippen LogP contribution in [0.3, 0.4) is 0 Å². The van der Waals surface area contributed by atoms with E-state index in [-0.39, 0.29) is 24.9 Å². The Morgan fingerprint density at radius 2 is 2.18 bits per heavy atom. The summed E-state index contributed by atoms with van der Waals surface area (Å²) >= 11 is 0. The maximum atomic E-state index is 11.7. The van der Waals surface area contributed by atoms with Gasteiger partial charge in [-0.2, -0.15) is 0 Å². The van der Waals surface area contributed by atoms with Crippen LogP contribution in [-0.2, 0) is 16.0 Å². The van der Waals surface area contributed by atoms with Crippen LogP contribution < -0.4 is 10.6 Å². The van der Waals surface area contributed by atoms with Gasteiger partial charge in [-0.3, -0.25) is 9.59 Å². The van der Waals surface area contributed by atoms with E-state index in [0.717, 1.165) is 11.3 Å². The number of carbonyl (C=O) groups excluding carboxylic acids is 1. The Bertz CT molecular complexity index is 420. The number of anilines is 1. The molecule has 1 amide bonds. The van der Waals surface area contributed by atoms with Gasteiger partial charge >= 0.3 is 5.97 Å². The largest absolute Gasteiger partial charge is 0.481 e. The van der Waals surface area contributed by atoms with Gasteiger partial charge in [-0.15, -0.1) is 0 Å². The normalized spacial score (nSPS) is 17.1. The molecule has 1 heterocycles. The Hall–Kier alpha value is -2.04. The molecule has 0 bridgehead atoms. The van der Waals surface area contributed by atoms with Crippen LogP contribution in [0.25, 0.3) is 0 Å². The van der Waals surface area contributed by atoms with Gasteiger partial charge in [0.25, 0.3) is 0 Å². The van der Waals surface area contributed by atoms with Gasteiger partial charge in [0.1, 0.15) is 6.04 Å². The van der Waals surface area contributed by atoms with Crippen molar-refractivity contribution in [3.63, 3.8) is 0 Å². The third-order valence-corrected chi connectivity index (χ3v) is 2.73. The van der Waals surface area contributed by atoms with E-state index in [9.17, 15) is 9.59 Å². The Balaban J connectivity index is 1.86. The molecule has 5 heteroatoms. The fourth-order valence-electron chi connectivity index (χ4n) is 1.87. The second-order valence-corrected chi connectivity index (χ2v) is 3.99. The van der Waals surface area contributed by atoms with Crippen molar-refractivity contribution in [3.05, 3.63) is 29.8 Å². The topological polar surface area (TPSA) is 78.4 Å². The fraction of sp³-hybridized carbons (Fsp3) is 0.333. The lowest BCUT2D eigenvalue weighted by Gasteiger charge is -2.10. The molecule has 0 spiro atoms. The molecule has 0 radical (unpaired) electrons. The zero-order valence-corrected chi connectivity index (χ0v) is 9.27. The molecule has 1 unspecified atom stereocenters. The third-order valence-electron chi connectivity index (χ3n) is 2.73. The van der Waals surface area contributed by atoms with Gasteiger partial charge in [0.15, 0.2) is 0 Å². The zero-order chi connectivity index (χ0) is 12.3. The summed E-state index contributed by atoms with van der Waals surface area (Å²) in [5.74, 6) is -1.06. The number of carbonyl (C=O) groups is 2. The van der Waals surface area contributed by atoms with Crippen molar-refractivity contribution < 1.29 is 14.7 Å². The third kappa shape index (κ3) is 2.75. The molecule has 1 aromatic carbocycles. The fourth-order valence-corrected chi connectivity index (χ4v) is 1.87. The number of amides is 1. The Labute approximate surface area is 98.8 Å². The molecule has 3 N–H and O–H groups in total. The summed E-state index contributed by atoms with van der Waals surface area (Å²) in [6.45, 7) is 0.169. The number of para-hydroxylation sites is 1. The number of aliphatic carboxylic acids is 1. The molecule has 1 aromatic rings. The lowest BCUT2D eigenvalue weighted by molar-refractivity contribution is -0.136. The van der Waals surface area contributed by atoms with Gasteiger partial charge in [0, 0.05) is 18.7 Å². The molecule has 2 rings (SSSR count). The van der Waals surface area contributed by atoms with Crippen molar-refractivity contribution in [3.8, 4) is 0 Å². The summed E-state index contributed by atoms with van der Waals surface area (Å²) < 4.78 is 0. The quantitative estimate of drug-likeness (QED) is 0.713. The van der Waals surface area contributed by atoms with E-state index < -0.39 is 5.97 Å². The van der Waals surface area contributed by atoms with Crippen LogP contribution in [0.15, 0.2) is 24.3 Å². The van der Waals surface area contributed by atoms with Crippen molar-refractivity contribution in [2.24, 2.45) is 0 Å². The minimum Gasteiger partial charge on any atom is -0.481 e. The van der Waals surface area contributed by atoms with Crippen LogP contribution in [0.2, 0.25) is 0 Å². The van der Waals surface area contributed by atoms with Crippen LogP contribution in [-0.4, -0.2) is 29.6 Å². The van der Waals surface area contributed by atoms with Crippen molar-refractivity contribution in [2.45, 2.75) is 18.9 Å². The highest BCUT2D eigenvalue weighted by Gasteiger charge is 2.25. The van der Waals surface area contributed by atoms with Gasteiger partial charge in [-0.1, -0.05) is 18.2 Å². The minimum atomic E-state index is -0.909. The standard InChI is InChI=1S/C12H14N2O3/c15-11(16)5-6-13-12(17)10-7-8-3-1-2-4-9(8)14-10/h1-4,10,14H,5-7H2,(H,13,17)(H,15,16). The smallest absolute Gasteiger partial charge is 0.305 e. The van der Waals surface area contributed by atoms with Crippen LogP contribution in [0, 0.1) is 0 Å². The summed E-state index contributed by atoms with van der Waals surface area (Å²) in [7, 11) is 0. The summed E-state index contributed by atoms with van der Waals surface area (Å²) in [6.07, 6.45) is 0.598. The molecule has 1 aliphatic heterocycles. The molecule has 0 aliphatic carbocycles. The monoisotopic (exact) mass is 234 g/mol. The van der Waals surface area contributed by atoms with Crippen molar-refractivity contribution in [1.82, 2.24) is 5.32 Å². The highest BCUT2D eigenvalue weighted by molar-refractivity contribution is 5.87. The average molecular weight is 234 g/mol. The van der Waals surface area contributed by atoms with E-state index in [1.165, 1.54) is 0 Å². The van der Waals surface area contributed by atoms with E-state index in [0.29, 0.717) is 6.42 Å². The van der Waals surface area contributed by atoms with Crippen molar-refractivity contribution in [1.29, 1.82) is 0 Å². The maximum absolute atomic E-state index is 11.7. The Morgan fingerprint density at radius 3 is 2.88 bits per heavy atom. The van der Waals surface area contributed by atoms with Crippen LogP contribution in [0.5, 0.6) is 0 Å². The first kappa shape index (κ1) is 11.4. The highest BCUT2D eigenvalue weighted by Crippen LogP contribution is 2.24. The first-order valence-corrected chi connectivity index (χ1v) is 5.51. The van der Waals surface area contributed by atoms with E-state index in [2.05, 4.69) is 10.6 Å². The molecule has 0 saturated carbocycles. The first-order chi connectivity index (χ1) is 8.16. The molecule has 17 heavy (non-hydrogen) atoms. The second kappa shape index (κ2) is 4.86. The molecular weight excluding hydrogens is 220 g/mol. The van der Waals surface area contributed by atoms with E-state index >= 15 is 0 Å². The predicted octanol–water partition coefficient (Wildman–Crippen LogP) is 0.614. The van der Waals surface area contributed by atoms with Crippen molar-refractivity contribution >= 4 is 17.6 Å². The molecule has 90 valence electrons. The van der Waals surface area contributed by atoms with Gasteiger partial charge in [-0.25, -0.2) is 0 Å². The number of hydrogen-bond acceptors (Lipinski definition) is 3. The van der Waals surface area contributed by atoms with Gasteiger partial charge in [0.2, 0.25) is 5.91 Å². The number of hydrogen-bond donors (Lipinski definition) is 3. The minimum absolute atomic E-state index is 0.0502. The summed E-state index contributed by atoms with van der Waals surface area (Å²) in [4.78, 5) is 22.0. The van der Waals surface area contributed by atoms with Crippen LogP contribution >= 0.6 is 0 Å². The lowest BCUT2D eigenvalue weighted by atomic mass is 10.1. The molecule has 1 atom stereocenters. The summed E-state index contributed by atoms with van der Waals surface area (Å²) in [5, 5.41) is 14.2. The number of nitrogens with one attached hydrogen (secondary N) is 2. The van der Waals surface area contributed by atoms with Gasteiger partial charge in [-0.05, 0) is 11.6 Å². The maximum Gasteiger partial charge on any atom is 0.305 e. The lowest BCUT2D eigenvalue weighted by Crippen LogP contribution is -2.39. The zero-order valence-electron chi connectivity index (χ0n) is 9.27. The van der Waals surface area contributed by atoms with Crippen LogP contribution in [0.1, 0.15) is 12.0 Å². The van der Waals surface area contributed by atoms with Crippen molar-refractivity contribution in [2.75, 3.05) is 11.9 Å². The van der Waals surface area contributed by atoms with Crippen LogP contribution in [0.4, 0.5) is 5.69 Å². The molecule has 0 fully saturated rings. The highest BCUT2D eigenvalue weighted by atomic mass is 16.4. The number of benzene rings is 1. The molecule has 1 aliphatic rings. The number of rotatable bonds is 4. The number of carboxylic acid groups (broad SMARTS) is 1. The molecule has 5 nitrogen and oxygen atoms in total. The van der Waals surface area contributed by atoms with Gasteiger partial charge in [0.05, 0.1) is 6.42 Å². The Morgan fingerprint density at radius 1 is 1.41 bits per heavy atom. The SMILES string of the molecule is O=C(O)CCNC(=O)C1Cc2ccccc2N1. The average Bonchev–Trinajstić information content (AvgIpc) is 2.71. The van der Waals surface area contributed by atoms with E-state index in [1.54, 1.807) is 0 Å². The molecule has 0 aromatic heterocycles. The van der Waals surface area contributed by atoms with Gasteiger partial charge < -0.3 is 15.7 Å². The molecule has 0 saturated heterocycles. The molecular formula is C12H14N2O3. The summed E-state index contributed by atoms with van der Waals surface area (Å²) in [5.41, 5.74) is 2.09. The predicted molar refractivity (Wildman–Crippen MR) is 62.8 cm³/mol. The first-order valence-electron chi connectivity index (χ1n) is 5.51. The number of fused-ring (bicyclic) bond motifs is 1. The van der Waals surface area contributed by atoms with E-state index in [1.807, 2.05) is 24.3 Å². The number of carboxylic acids is 1.